The second-order valence-electron chi connectivity index (χ2n) is 7.96. The topological polar surface area (TPSA) is 92.3 Å². The first-order valence-corrected chi connectivity index (χ1v) is 9.77. The molecule has 1 amide bonds. The number of pyridine rings is 1. The Labute approximate surface area is 171 Å². The molecule has 4 aromatic heterocycles. The van der Waals surface area contributed by atoms with Crippen LogP contribution in [0.25, 0.3) is 5.52 Å². The first kappa shape index (κ1) is 18.5. The van der Waals surface area contributed by atoms with E-state index in [0.717, 1.165) is 16.9 Å². The fourth-order valence-electron chi connectivity index (χ4n) is 3.87. The van der Waals surface area contributed by atoms with Crippen LogP contribution < -0.4 is 0 Å². The number of oxazole rings is 1. The summed E-state index contributed by atoms with van der Waals surface area (Å²) in [7, 11) is 0. The predicted molar refractivity (Wildman–Crippen MR) is 106 cm³/mol. The summed E-state index contributed by atoms with van der Waals surface area (Å²) in [6.07, 6.45) is 4.11. The van der Waals surface area contributed by atoms with E-state index in [2.05, 4.69) is 20.1 Å². The van der Waals surface area contributed by atoms with Crippen LogP contribution in [0.3, 0.4) is 0 Å². The molecule has 0 radical (unpaired) electrons. The fourth-order valence-corrected chi connectivity index (χ4v) is 3.87. The van der Waals surface area contributed by atoms with Crippen molar-refractivity contribution in [2.24, 2.45) is 0 Å². The van der Waals surface area contributed by atoms with Gasteiger partial charge < -0.3 is 14.3 Å². The highest BCUT2D eigenvalue weighted by Crippen LogP contribution is 2.35. The highest BCUT2D eigenvalue weighted by atomic mass is 19.1. The Morgan fingerprint density at radius 2 is 2.20 bits per heavy atom. The largest absolute Gasteiger partial charge is 0.432 e. The van der Waals surface area contributed by atoms with Crippen LogP contribution >= 0.6 is 0 Å². The molecule has 0 fully saturated rings. The molecule has 1 aliphatic rings. The normalized spacial score (nSPS) is 16.8. The summed E-state index contributed by atoms with van der Waals surface area (Å²) in [5.41, 5.74) is 1.93. The van der Waals surface area contributed by atoms with Crippen molar-refractivity contribution in [2.75, 3.05) is 6.54 Å². The van der Waals surface area contributed by atoms with Gasteiger partial charge in [-0.25, -0.2) is 18.9 Å². The van der Waals surface area contributed by atoms with Gasteiger partial charge in [0.05, 0.1) is 28.9 Å². The third kappa shape index (κ3) is 2.89. The summed E-state index contributed by atoms with van der Waals surface area (Å²) < 4.78 is 21.7. The van der Waals surface area contributed by atoms with Crippen LogP contribution in [0.15, 0.2) is 41.2 Å². The SMILES string of the molecule is Cc1nc(C(C)(C)F)oc1C(=O)N1CCc2[nH]cnc2C1c1cc2ccccn2n1. The number of aromatic nitrogens is 5. The number of nitrogens with zero attached hydrogens (tertiary/aromatic N) is 5. The molecular weight excluding hydrogens is 387 g/mol. The van der Waals surface area contributed by atoms with Gasteiger partial charge in [-0.15, -0.1) is 0 Å². The lowest BCUT2D eigenvalue weighted by Gasteiger charge is -2.33. The molecule has 4 aromatic rings. The van der Waals surface area contributed by atoms with Crippen LogP contribution in [0.4, 0.5) is 4.39 Å². The number of aromatic amines is 1. The van der Waals surface area contributed by atoms with E-state index in [9.17, 15) is 9.18 Å². The molecule has 8 nitrogen and oxygen atoms in total. The van der Waals surface area contributed by atoms with Crippen LogP contribution in [0, 0.1) is 6.92 Å². The molecule has 0 aromatic carbocycles. The second kappa shape index (κ2) is 6.51. The van der Waals surface area contributed by atoms with Crippen molar-refractivity contribution in [3.8, 4) is 0 Å². The number of hydrogen-bond acceptors (Lipinski definition) is 5. The zero-order valence-electron chi connectivity index (χ0n) is 16.9. The highest BCUT2D eigenvalue weighted by Gasteiger charge is 2.39. The van der Waals surface area contributed by atoms with Crippen LogP contribution in [0.1, 0.15) is 59.1 Å². The van der Waals surface area contributed by atoms with Gasteiger partial charge in [-0.2, -0.15) is 5.10 Å². The summed E-state index contributed by atoms with van der Waals surface area (Å²) in [5, 5.41) is 4.67. The maximum absolute atomic E-state index is 14.3. The molecule has 0 saturated carbocycles. The number of alkyl halides is 1. The molecule has 1 atom stereocenters. The van der Waals surface area contributed by atoms with Gasteiger partial charge in [-0.1, -0.05) is 6.07 Å². The third-order valence-electron chi connectivity index (χ3n) is 5.35. The zero-order chi connectivity index (χ0) is 21.0. The molecule has 1 N–H and O–H groups in total. The van der Waals surface area contributed by atoms with E-state index in [0.29, 0.717) is 24.4 Å². The van der Waals surface area contributed by atoms with Crippen LogP contribution in [0.2, 0.25) is 0 Å². The van der Waals surface area contributed by atoms with Gasteiger partial charge in [0.2, 0.25) is 11.7 Å². The Balaban J connectivity index is 1.60. The maximum atomic E-state index is 14.3. The predicted octanol–water partition coefficient (Wildman–Crippen LogP) is 3.35. The molecule has 0 saturated heterocycles. The minimum atomic E-state index is -1.78. The van der Waals surface area contributed by atoms with Gasteiger partial charge in [0.1, 0.15) is 6.04 Å². The number of imidazole rings is 1. The standard InChI is InChI=1S/C21H21FN6O2/c1-12-18(30-20(25-12)21(2,3)22)19(29)27-9-7-14-16(24-11-23-14)17(27)15-10-13-6-4-5-8-28(13)26-15/h4-6,8,10-11,17H,7,9H2,1-3H3,(H,23,24). The minimum absolute atomic E-state index is 0.0449. The summed E-state index contributed by atoms with van der Waals surface area (Å²) in [6.45, 7) is 4.79. The van der Waals surface area contributed by atoms with Gasteiger partial charge >= 0.3 is 0 Å². The van der Waals surface area contributed by atoms with Crippen molar-refractivity contribution in [3.05, 3.63) is 71.2 Å². The molecule has 5 rings (SSSR count). The number of aryl methyl sites for hydroxylation is 1. The van der Waals surface area contributed by atoms with E-state index < -0.39 is 11.7 Å². The minimum Gasteiger partial charge on any atom is -0.432 e. The van der Waals surface area contributed by atoms with Crippen molar-refractivity contribution in [3.63, 3.8) is 0 Å². The number of hydrogen-bond donors (Lipinski definition) is 1. The number of H-pyrrole nitrogens is 1. The highest BCUT2D eigenvalue weighted by molar-refractivity contribution is 5.93. The monoisotopic (exact) mass is 408 g/mol. The first-order chi connectivity index (χ1) is 14.3. The van der Waals surface area contributed by atoms with Crippen LogP contribution in [-0.4, -0.2) is 41.9 Å². The summed E-state index contributed by atoms with van der Waals surface area (Å²) in [5.74, 6) is -0.417. The lowest BCUT2D eigenvalue weighted by Crippen LogP contribution is -2.41. The molecule has 0 aliphatic carbocycles. The molecule has 1 aliphatic heterocycles. The molecule has 30 heavy (non-hydrogen) atoms. The average Bonchev–Trinajstić information content (AvgIpc) is 3.43. The van der Waals surface area contributed by atoms with Gasteiger partial charge in [-0.3, -0.25) is 4.79 Å². The van der Waals surface area contributed by atoms with Crippen LogP contribution in [-0.2, 0) is 12.1 Å². The molecule has 0 spiro atoms. The van der Waals surface area contributed by atoms with Crippen molar-refractivity contribution in [1.82, 2.24) is 29.5 Å². The van der Waals surface area contributed by atoms with Gasteiger partial charge in [0.25, 0.3) is 5.91 Å². The Hall–Kier alpha value is -3.49. The Morgan fingerprint density at radius 1 is 1.37 bits per heavy atom. The smallest absolute Gasteiger partial charge is 0.292 e. The van der Waals surface area contributed by atoms with E-state index in [1.807, 2.05) is 30.5 Å². The zero-order valence-corrected chi connectivity index (χ0v) is 16.9. The number of fused-ring (bicyclic) bond motifs is 2. The molecular formula is C21H21FN6O2. The quantitative estimate of drug-likeness (QED) is 0.561. The van der Waals surface area contributed by atoms with Gasteiger partial charge in [0.15, 0.2) is 5.67 Å². The second-order valence-corrected chi connectivity index (χ2v) is 7.96. The Bertz CT molecular complexity index is 1210. The number of carbonyl (C=O) groups is 1. The molecule has 0 bridgehead atoms. The van der Waals surface area contributed by atoms with Crippen molar-refractivity contribution in [1.29, 1.82) is 0 Å². The lowest BCUT2D eigenvalue weighted by molar-refractivity contribution is 0.0642. The molecule has 154 valence electrons. The molecule has 5 heterocycles. The first-order valence-electron chi connectivity index (χ1n) is 9.77. The number of amides is 1. The number of halogens is 1. The van der Waals surface area contributed by atoms with Crippen molar-refractivity contribution in [2.45, 2.75) is 38.9 Å². The average molecular weight is 408 g/mol. The van der Waals surface area contributed by atoms with E-state index in [4.69, 9.17) is 4.42 Å². The van der Waals surface area contributed by atoms with E-state index in [1.165, 1.54) is 13.8 Å². The Kier molecular flexibility index (Phi) is 4.02. The van der Waals surface area contributed by atoms with E-state index in [-0.39, 0.29) is 17.6 Å². The fraction of sp³-hybridized carbons (Fsp3) is 0.333. The van der Waals surface area contributed by atoms with E-state index in [1.54, 1.807) is 22.7 Å². The number of carbonyl (C=O) groups excluding carboxylic acids is 1. The summed E-state index contributed by atoms with van der Waals surface area (Å²) in [4.78, 5) is 26.9. The van der Waals surface area contributed by atoms with Crippen LogP contribution in [0.5, 0.6) is 0 Å². The van der Waals surface area contributed by atoms with Crippen molar-refractivity contribution >= 4 is 11.4 Å². The maximum Gasteiger partial charge on any atom is 0.292 e. The lowest BCUT2D eigenvalue weighted by atomic mass is 9.99. The molecule has 1 unspecified atom stereocenters. The summed E-state index contributed by atoms with van der Waals surface area (Å²) in [6, 6.07) is 7.23. The van der Waals surface area contributed by atoms with Gasteiger partial charge in [-0.05, 0) is 39.0 Å². The third-order valence-corrected chi connectivity index (χ3v) is 5.35. The van der Waals surface area contributed by atoms with E-state index >= 15 is 0 Å². The van der Waals surface area contributed by atoms with Gasteiger partial charge in [0, 0.05) is 24.9 Å². The van der Waals surface area contributed by atoms with Crippen molar-refractivity contribution < 1.29 is 13.6 Å². The number of rotatable bonds is 3. The Morgan fingerprint density at radius 3 is 2.93 bits per heavy atom. The number of nitrogens with one attached hydrogen (secondary N) is 1. The summed E-state index contributed by atoms with van der Waals surface area (Å²) >= 11 is 0. The molecule has 9 heteroatoms.